The van der Waals surface area contributed by atoms with E-state index in [4.69, 9.17) is 21.1 Å². The van der Waals surface area contributed by atoms with Gasteiger partial charge in [-0.1, -0.05) is 54.1 Å². The maximum Gasteiger partial charge on any atom is 0.243 e. The lowest BCUT2D eigenvalue weighted by Gasteiger charge is -2.34. The maximum atomic E-state index is 14.0. The van der Waals surface area contributed by atoms with Crippen LogP contribution in [0.15, 0.2) is 72.8 Å². The molecule has 1 aliphatic heterocycles. The third-order valence-corrected chi connectivity index (χ3v) is 8.41. The first-order chi connectivity index (χ1) is 20.8. The first-order valence-electron chi connectivity index (χ1n) is 14.6. The molecule has 0 unspecified atom stereocenters. The van der Waals surface area contributed by atoms with E-state index < -0.39 is 21.6 Å². The normalized spacial score (nSPS) is 13.6. The lowest BCUT2D eigenvalue weighted by Crippen LogP contribution is -2.54. The van der Waals surface area contributed by atoms with Crippen LogP contribution in [0.1, 0.15) is 44.7 Å². The number of carbonyl (C=O) groups excluding carboxylic acids is 2. The summed E-state index contributed by atoms with van der Waals surface area (Å²) in [6, 6.07) is 20.9. The minimum Gasteiger partial charge on any atom is -0.486 e. The molecule has 1 heterocycles. The molecule has 3 aromatic rings. The number of ether oxygens (including phenoxy) is 2. The van der Waals surface area contributed by atoms with E-state index in [-0.39, 0.29) is 37.7 Å². The minimum absolute atomic E-state index is 0.0191. The van der Waals surface area contributed by atoms with E-state index in [0.29, 0.717) is 41.8 Å². The fraction of sp³-hybridized carbons (Fsp3) is 0.394. The molecule has 0 aromatic heterocycles. The Morgan fingerprint density at radius 2 is 1.61 bits per heavy atom. The number of halogens is 1. The maximum absolute atomic E-state index is 14.0. The molecule has 1 atom stereocenters. The van der Waals surface area contributed by atoms with E-state index in [0.717, 1.165) is 17.4 Å². The number of hydrogen-bond donors (Lipinski definition) is 1. The van der Waals surface area contributed by atoms with E-state index in [1.165, 1.54) is 4.31 Å². The highest BCUT2D eigenvalue weighted by molar-refractivity contribution is 7.92. The average molecular weight is 642 g/mol. The topological polar surface area (TPSA) is 105 Å². The molecule has 1 N–H and O–H groups in total. The number of anilines is 1. The molecule has 0 fully saturated rings. The quantitative estimate of drug-likeness (QED) is 0.291. The molecule has 11 heteroatoms. The van der Waals surface area contributed by atoms with Gasteiger partial charge >= 0.3 is 0 Å². The summed E-state index contributed by atoms with van der Waals surface area (Å²) in [4.78, 5) is 29.3. The Morgan fingerprint density at radius 1 is 0.932 bits per heavy atom. The second-order valence-corrected chi connectivity index (χ2v) is 14.2. The molecule has 0 spiro atoms. The zero-order valence-corrected chi connectivity index (χ0v) is 27.2. The molecule has 1 aliphatic rings. The molecular formula is C33H40ClN3O6S. The standard InChI is InChI=1S/C33H40ClN3O6S/c1-33(2,3)35-32(39)28(21-24-10-6-5-7-11-24)36(23-25-12-8-13-26(34)20-25)31(38)14-9-17-37(44(4,40)41)27-15-16-29-30(22-27)43-19-18-42-29/h5-8,10-13,15-16,20,22,28H,9,14,17-19,21,23H2,1-4H3,(H,35,39)/t28-/m0/s1. The van der Waals surface area contributed by atoms with Crippen molar-refractivity contribution in [1.82, 2.24) is 10.2 Å². The lowest BCUT2D eigenvalue weighted by molar-refractivity contribution is -0.142. The highest BCUT2D eigenvalue weighted by atomic mass is 35.5. The van der Waals surface area contributed by atoms with Crippen molar-refractivity contribution in [1.29, 1.82) is 0 Å². The van der Waals surface area contributed by atoms with Gasteiger partial charge in [-0.15, -0.1) is 0 Å². The van der Waals surface area contributed by atoms with Crippen molar-refractivity contribution in [3.8, 4) is 11.5 Å². The number of amides is 2. The second kappa shape index (κ2) is 14.3. The molecule has 4 rings (SSSR count). The van der Waals surface area contributed by atoms with Crippen LogP contribution in [0.5, 0.6) is 11.5 Å². The van der Waals surface area contributed by atoms with Gasteiger partial charge in [0.25, 0.3) is 0 Å². The fourth-order valence-electron chi connectivity index (χ4n) is 5.03. The Morgan fingerprint density at radius 3 is 2.27 bits per heavy atom. The number of sulfonamides is 1. The second-order valence-electron chi connectivity index (χ2n) is 11.9. The molecule has 2 amide bonds. The molecule has 0 radical (unpaired) electrons. The highest BCUT2D eigenvalue weighted by Crippen LogP contribution is 2.35. The van der Waals surface area contributed by atoms with Crippen LogP contribution in [0.3, 0.4) is 0 Å². The molecule has 0 saturated heterocycles. The van der Waals surface area contributed by atoms with Gasteiger partial charge in [0.1, 0.15) is 19.3 Å². The van der Waals surface area contributed by atoms with Gasteiger partial charge in [-0.05, 0) is 62.6 Å². The monoisotopic (exact) mass is 641 g/mol. The Bertz CT molecular complexity index is 1560. The molecule has 0 bridgehead atoms. The number of benzene rings is 3. The molecule has 0 saturated carbocycles. The SMILES string of the molecule is CC(C)(C)NC(=O)[C@H](Cc1ccccc1)N(Cc1cccc(Cl)c1)C(=O)CCCN(c1ccc2c(c1)OCCO2)S(C)(=O)=O. The Hall–Kier alpha value is -3.76. The van der Waals surface area contributed by atoms with Crippen molar-refractivity contribution < 1.29 is 27.5 Å². The molecule has 44 heavy (non-hydrogen) atoms. The van der Waals surface area contributed by atoms with Crippen LogP contribution in [0.2, 0.25) is 5.02 Å². The first-order valence-corrected chi connectivity index (χ1v) is 16.8. The Balaban J connectivity index is 1.59. The summed E-state index contributed by atoms with van der Waals surface area (Å²) in [7, 11) is -3.67. The van der Waals surface area contributed by atoms with Crippen LogP contribution in [-0.2, 0) is 32.6 Å². The summed E-state index contributed by atoms with van der Waals surface area (Å²) in [5, 5.41) is 3.57. The van der Waals surface area contributed by atoms with Gasteiger partial charge in [-0.3, -0.25) is 13.9 Å². The van der Waals surface area contributed by atoms with Crippen LogP contribution in [0.4, 0.5) is 5.69 Å². The number of nitrogens with one attached hydrogen (secondary N) is 1. The molecular weight excluding hydrogens is 602 g/mol. The smallest absolute Gasteiger partial charge is 0.243 e. The summed E-state index contributed by atoms with van der Waals surface area (Å²) >= 11 is 6.27. The van der Waals surface area contributed by atoms with E-state index in [1.807, 2.05) is 57.2 Å². The third kappa shape index (κ3) is 9.37. The lowest BCUT2D eigenvalue weighted by atomic mass is 10.00. The van der Waals surface area contributed by atoms with Gasteiger partial charge < -0.3 is 19.7 Å². The predicted molar refractivity (Wildman–Crippen MR) is 173 cm³/mol. The predicted octanol–water partition coefficient (Wildman–Crippen LogP) is 5.21. The summed E-state index contributed by atoms with van der Waals surface area (Å²) in [6.45, 7) is 6.70. The molecule has 9 nitrogen and oxygen atoms in total. The zero-order valence-electron chi connectivity index (χ0n) is 25.6. The Labute approximate surface area is 265 Å². The third-order valence-electron chi connectivity index (χ3n) is 6.98. The fourth-order valence-corrected chi connectivity index (χ4v) is 6.20. The van der Waals surface area contributed by atoms with Crippen molar-refractivity contribution in [2.24, 2.45) is 0 Å². The van der Waals surface area contributed by atoms with E-state index in [2.05, 4.69) is 5.32 Å². The van der Waals surface area contributed by atoms with Crippen LogP contribution in [-0.4, -0.2) is 62.7 Å². The van der Waals surface area contributed by atoms with E-state index in [1.54, 1.807) is 41.3 Å². The average Bonchev–Trinajstić information content (AvgIpc) is 2.96. The summed E-state index contributed by atoms with van der Waals surface area (Å²) in [6.07, 6.45) is 1.68. The number of nitrogens with zero attached hydrogens (tertiary/aromatic N) is 2. The number of fused-ring (bicyclic) bond motifs is 1. The van der Waals surface area contributed by atoms with Gasteiger partial charge in [-0.25, -0.2) is 8.42 Å². The highest BCUT2D eigenvalue weighted by Gasteiger charge is 2.32. The Kier molecular flexibility index (Phi) is 10.8. The minimum atomic E-state index is -3.67. The van der Waals surface area contributed by atoms with Crippen molar-refractivity contribution in [3.05, 3.63) is 88.9 Å². The molecule has 3 aromatic carbocycles. The molecule has 0 aliphatic carbocycles. The summed E-state index contributed by atoms with van der Waals surface area (Å²) in [5.41, 5.74) is 1.59. The summed E-state index contributed by atoms with van der Waals surface area (Å²) in [5.74, 6) is 0.481. The zero-order chi connectivity index (χ0) is 31.9. The van der Waals surface area contributed by atoms with Crippen LogP contribution >= 0.6 is 11.6 Å². The number of rotatable bonds is 12. The number of hydrogen-bond acceptors (Lipinski definition) is 6. The largest absolute Gasteiger partial charge is 0.486 e. The van der Waals surface area contributed by atoms with Crippen molar-refractivity contribution in [2.75, 3.05) is 30.3 Å². The van der Waals surface area contributed by atoms with Gasteiger partial charge in [0.2, 0.25) is 21.8 Å². The van der Waals surface area contributed by atoms with Gasteiger partial charge in [-0.2, -0.15) is 0 Å². The first kappa shape index (κ1) is 33.1. The van der Waals surface area contributed by atoms with Gasteiger partial charge in [0, 0.05) is 42.6 Å². The van der Waals surface area contributed by atoms with Crippen LogP contribution in [0.25, 0.3) is 0 Å². The summed E-state index contributed by atoms with van der Waals surface area (Å²) < 4.78 is 38.1. The number of carbonyl (C=O) groups is 2. The van der Waals surface area contributed by atoms with Gasteiger partial charge in [0.05, 0.1) is 11.9 Å². The van der Waals surface area contributed by atoms with Crippen molar-refractivity contribution in [3.63, 3.8) is 0 Å². The van der Waals surface area contributed by atoms with Crippen LogP contribution < -0.4 is 19.1 Å². The van der Waals surface area contributed by atoms with E-state index in [9.17, 15) is 18.0 Å². The van der Waals surface area contributed by atoms with Crippen LogP contribution in [0, 0.1) is 0 Å². The van der Waals surface area contributed by atoms with E-state index >= 15 is 0 Å². The van der Waals surface area contributed by atoms with Gasteiger partial charge in [0.15, 0.2) is 11.5 Å². The van der Waals surface area contributed by atoms with Crippen molar-refractivity contribution in [2.45, 2.75) is 58.2 Å². The molecule has 236 valence electrons. The van der Waals surface area contributed by atoms with Crippen molar-refractivity contribution >= 4 is 39.1 Å².